The van der Waals surface area contributed by atoms with Crippen LogP contribution in [0.25, 0.3) is 0 Å². The Kier molecular flexibility index (Phi) is 6.00. The van der Waals surface area contributed by atoms with Crippen LogP contribution in [0.2, 0.25) is 0 Å². The molecule has 1 rings (SSSR count). The number of amides is 3. The molecule has 0 bridgehead atoms. The number of carbonyl (C=O) groups is 2. The van der Waals surface area contributed by atoms with Crippen LogP contribution >= 0.6 is 0 Å². The van der Waals surface area contributed by atoms with Gasteiger partial charge in [-0.05, 0) is 24.3 Å². The average Bonchev–Trinajstić information content (AvgIpc) is 2.37. The topological polar surface area (TPSA) is 119 Å². The van der Waals surface area contributed by atoms with Crippen molar-refractivity contribution in [3.63, 3.8) is 0 Å². The zero-order valence-electron chi connectivity index (χ0n) is 10.5. The number of urea groups is 1. The van der Waals surface area contributed by atoms with E-state index in [4.69, 9.17) is 16.2 Å². The molecule has 0 heterocycles. The third-order valence-corrected chi connectivity index (χ3v) is 2.22. The Labute approximate surface area is 111 Å². The van der Waals surface area contributed by atoms with Gasteiger partial charge in [-0.3, -0.25) is 4.79 Å². The number of nitrogens with two attached hydrogens (primary N) is 2. The molecule has 0 fully saturated rings. The summed E-state index contributed by atoms with van der Waals surface area (Å²) in [6.45, 7) is 0.919. The van der Waals surface area contributed by atoms with Crippen molar-refractivity contribution < 1.29 is 14.3 Å². The lowest BCUT2D eigenvalue weighted by Crippen LogP contribution is -2.37. The molecule has 0 saturated carbocycles. The van der Waals surface area contributed by atoms with Crippen LogP contribution in [-0.4, -0.2) is 31.6 Å². The number of hydrogen-bond donors (Lipinski definition) is 4. The predicted octanol–water partition coefficient (Wildman–Crippen LogP) is -0.178. The minimum absolute atomic E-state index is 0.151. The minimum atomic E-state index is -0.610. The molecule has 7 nitrogen and oxygen atoms in total. The highest BCUT2D eigenvalue weighted by Gasteiger charge is 2.01. The van der Waals surface area contributed by atoms with E-state index >= 15 is 0 Å². The molecular formula is C12H18N4O3. The summed E-state index contributed by atoms with van der Waals surface area (Å²) in [5.74, 6) is 0.513. The molecule has 19 heavy (non-hydrogen) atoms. The summed E-state index contributed by atoms with van der Waals surface area (Å²) in [6.07, 6.45) is 0.237. The van der Waals surface area contributed by atoms with Gasteiger partial charge in [0.25, 0.3) is 0 Å². The van der Waals surface area contributed by atoms with Gasteiger partial charge in [0.1, 0.15) is 5.75 Å². The van der Waals surface area contributed by atoms with Gasteiger partial charge in [0.15, 0.2) is 0 Å². The van der Waals surface area contributed by atoms with Gasteiger partial charge in [-0.2, -0.15) is 0 Å². The van der Waals surface area contributed by atoms with Crippen LogP contribution in [0.15, 0.2) is 24.3 Å². The SMILES string of the molecule is NC(=O)NCCNC(=O)CCOc1ccc(N)cc1. The van der Waals surface area contributed by atoms with E-state index in [2.05, 4.69) is 10.6 Å². The average molecular weight is 266 g/mol. The van der Waals surface area contributed by atoms with Gasteiger partial charge >= 0.3 is 6.03 Å². The van der Waals surface area contributed by atoms with Crippen LogP contribution in [0.3, 0.4) is 0 Å². The number of carbonyl (C=O) groups excluding carboxylic acids is 2. The van der Waals surface area contributed by atoms with Crippen molar-refractivity contribution in [1.82, 2.24) is 10.6 Å². The summed E-state index contributed by atoms with van der Waals surface area (Å²) in [6, 6.07) is 6.32. The maximum atomic E-state index is 11.4. The molecule has 6 N–H and O–H groups in total. The van der Waals surface area contributed by atoms with Crippen molar-refractivity contribution >= 4 is 17.6 Å². The highest BCUT2D eigenvalue weighted by molar-refractivity contribution is 5.76. The van der Waals surface area contributed by atoms with E-state index in [1.54, 1.807) is 24.3 Å². The van der Waals surface area contributed by atoms with E-state index in [0.29, 0.717) is 24.5 Å². The normalized spacial score (nSPS) is 9.68. The number of primary amides is 1. The lowest BCUT2D eigenvalue weighted by Gasteiger charge is -2.07. The van der Waals surface area contributed by atoms with E-state index < -0.39 is 6.03 Å². The minimum Gasteiger partial charge on any atom is -0.493 e. The van der Waals surface area contributed by atoms with E-state index in [-0.39, 0.29) is 18.9 Å². The van der Waals surface area contributed by atoms with Crippen molar-refractivity contribution in [3.8, 4) is 5.75 Å². The molecule has 0 radical (unpaired) electrons. The molecule has 0 atom stereocenters. The van der Waals surface area contributed by atoms with Gasteiger partial charge in [-0.1, -0.05) is 0 Å². The molecule has 0 unspecified atom stereocenters. The smallest absolute Gasteiger partial charge is 0.312 e. The summed E-state index contributed by atoms with van der Waals surface area (Å²) >= 11 is 0. The summed E-state index contributed by atoms with van der Waals surface area (Å²) in [4.78, 5) is 21.7. The number of rotatable bonds is 7. The molecule has 0 spiro atoms. The first-order chi connectivity index (χ1) is 9.08. The Bertz CT molecular complexity index is 419. The highest BCUT2D eigenvalue weighted by Crippen LogP contribution is 2.12. The molecule has 0 aliphatic heterocycles. The maximum absolute atomic E-state index is 11.4. The molecule has 1 aromatic rings. The van der Waals surface area contributed by atoms with E-state index in [1.165, 1.54) is 0 Å². The monoisotopic (exact) mass is 266 g/mol. The lowest BCUT2D eigenvalue weighted by atomic mass is 10.3. The second-order valence-electron chi connectivity index (χ2n) is 3.81. The second kappa shape index (κ2) is 7.80. The zero-order chi connectivity index (χ0) is 14.1. The number of benzene rings is 1. The number of ether oxygens (including phenoxy) is 1. The molecule has 0 aliphatic rings. The molecule has 0 aromatic heterocycles. The summed E-state index contributed by atoms with van der Waals surface area (Å²) in [7, 11) is 0. The molecule has 3 amide bonds. The van der Waals surface area contributed by atoms with Crippen LogP contribution in [0.1, 0.15) is 6.42 Å². The van der Waals surface area contributed by atoms with Crippen molar-refractivity contribution in [2.45, 2.75) is 6.42 Å². The highest BCUT2D eigenvalue weighted by atomic mass is 16.5. The van der Waals surface area contributed by atoms with Crippen molar-refractivity contribution in [3.05, 3.63) is 24.3 Å². The van der Waals surface area contributed by atoms with Crippen LogP contribution < -0.4 is 26.8 Å². The Balaban J connectivity index is 2.10. The molecular weight excluding hydrogens is 248 g/mol. The molecule has 7 heteroatoms. The van der Waals surface area contributed by atoms with Crippen molar-refractivity contribution in [1.29, 1.82) is 0 Å². The maximum Gasteiger partial charge on any atom is 0.312 e. The fourth-order valence-corrected chi connectivity index (χ4v) is 1.30. The first-order valence-corrected chi connectivity index (χ1v) is 5.86. The first kappa shape index (κ1) is 14.6. The fourth-order valence-electron chi connectivity index (χ4n) is 1.30. The van der Waals surface area contributed by atoms with Gasteiger partial charge in [-0.25, -0.2) is 4.79 Å². The van der Waals surface area contributed by atoms with Gasteiger partial charge in [0, 0.05) is 18.8 Å². The molecule has 0 aliphatic carbocycles. The Morgan fingerprint density at radius 1 is 1.11 bits per heavy atom. The zero-order valence-corrected chi connectivity index (χ0v) is 10.5. The van der Waals surface area contributed by atoms with E-state index in [9.17, 15) is 9.59 Å². The second-order valence-corrected chi connectivity index (χ2v) is 3.81. The summed E-state index contributed by atoms with van der Waals surface area (Å²) in [5, 5.41) is 4.99. The van der Waals surface area contributed by atoms with E-state index in [0.717, 1.165) is 0 Å². The third kappa shape index (κ3) is 6.77. The van der Waals surface area contributed by atoms with Crippen molar-refractivity contribution in [2.24, 2.45) is 5.73 Å². The quantitative estimate of drug-likeness (QED) is 0.404. The van der Waals surface area contributed by atoms with Gasteiger partial charge in [0.05, 0.1) is 13.0 Å². The van der Waals surface area contributed by atoms with Crippen LogP contribution in [0.4, 0.5) is 10.5 Å². The van der Waals surface area contributed by atoms with Gasteiger partial charge < -0.3 is 26.8 Å². The Morgan fingerprint density at radius 2 is 1.74 bits per heavy atom. The van der Waals surface area contributed by atoms with Crippen LogP contribution in [-0.2, 0) is 4.79 Å². The summed E-state index contributed by atoms with van der Waals surface area (Å²) < 4.78 is 5.37. The fraction of sp³-hybridized carbons (Fsp3) is 0.333. The third-order valence-electron chi connectivity index (χ3n) is 2.22. The Morgan fingerprint density at radius 3 is 2.37 bits per heavy atom. The van der Waals surface area contributed by atoms with Crippen LogP contribution in [0.5, 0.6) is 5.75 Å². The number of nitrogens with one attached hydrogen (secondary N) is 2. The molecule has 1 aromatic carbocycles. The van der Waals surface area contributed by atoms with Crippen molar-refractivity contribution in [2.75, 3.05) is 25.4 Å². The predicted molar refractivity (Wildman–Crippen MR) is 71.6 cm³/mol. The number of nitrogen functional groups attached to an aromatic ring is 1. The lowest BCUT2D eigenvalue weighted by molar-refractivity contribution is -0.121. The summed E-state index contributed by atoms with van der Waals surface area (Å²) in [5.41, 5.74) is 11.1. The molecule has 104 valence electrons. The van der Waals surface area contributed by atoms with Gasteiger partial charge in [-0.15, -0.1) is 0 Å². The van der Waals surface area contributed by atoms with Crippen LogP contribution in [0, 0.1) is 0 Å². The largest absolute Gasteiger partial charge is 0.493 e. The Hall–Kier alpha value is -2.44. The van der Waals surface area contributed by atoms with E-state index in [1.807, 2.05) is 0 Å². The molecule has 0 saturated heterocycles. The standard InChI is InChI=1S/C12H18N4O3/c13-9-1-3-10(4-2-9)19-8-5-11(17)15-6-7-16-12(14)18/h1-4H,5-8,13H2,(H,15,17)(H3,14,16,18). The number of anilines is 1. The van der Waals surface area contributed by atoms with Gasteiger partial charge in [0.2, 0.25) is 5.91 Å². The first-order valence-electron chi connectivity index (χ1n) is 5.86. The number of hydrogen-bond acceptors (Lipinski definition) is 4.